The minimum absolute atomic E-state index is 0.0212. The molecule has 0 unspecified atom stereocenters. The molecule has 0 bridgehead atoms. The number of benzene rings is 1. The second-order valence-electron chi connectivity index (χ2n) is 4.27. The van der Waals surface area contributed by atoms with E-state index in [2.05, 4.69) is 5.32 Å². The van der Waals surface area contributed by atoms with Gasteiger partial charge in [0.15, 0.2) is 0 Å². The Morgan fingerprint density at radius 3 is 3.11 bits per heavy atom. The predicted octanol–water partition coefficient (Wildman–Crippen LogP) is 1.02. The van der Waals surface area contributed by atoms with Crippen LogP contribution in [-0.4, -0.2) is 30.4 Å². The van der Waals surface area contributed by atoms with Crippen LogP contribution in [0.1, 0.15) is 17.5 Å². The third-order valence-corrected chi connectivity index (χ3v) is 2.94. The molecule has 1 N–H and O–H groups in total. The summed E-state index contributed by atoms with van der Waals surface area (Å²) >= 11 is 0. The van der Waals surface area contributed by atoms with Crippen LogP contribution < -0.4 is 5.32 Å². The standard InChI is InChI=1S/C13H14FN3O/c14-12-3-2-10(6-11(12)7-15)9-17-5-1-4-16-8-13(17)18/h2-3,6,16H,1,4-5,8-9H2. The highest BCUT2D eigenvalue weighted by Gasteiger charge is 2.16. The lowest BCUT2D eigenvalue weighted by Gasteiger charge is -2.20. The first-order chi connectivity index (χ1) is 8.70. The highest BCUT2D eigenvalue weighted by atomic mass is 19.1. The maximum atomic E-state index is 13.2. The third kappa shape index (κ3) is 2.84. The van der Waals surface area contributed by atoms with Crippen LogP contribution in [0, 0.1) is 17.1 Å². The lowest BCUT2D eigenvalue weighted by Crippen LogP contribution is -2.34. The maximum absolute atomic E-state index is 13.2. The van der Waals surface area contributed by atoms with Crippen LogP contribution in [0.15, 0.2) is 18.2 Å². The Morgan fingerprint density at radius 2 is 2.33 bits per heavy atom. The van der Waals surface area contributed by atoms with Crippen molar-refractivity contribution in [3.05, 3.63) is 35.1 Å². The van der Waals surface area contributed by atoms with Gasteiger partial charge in [0.1, 0.15) is 11.9 Å². The van der Waals surface area contributed by atoms with Crippen molar-refractivity contribution < 1.29 is 9.18 Å². The molecule has 18 heavy (non-hydrogen) atoms. The number of halogens is 1. The van der Waals surface area contributed by atoms with Crippen LogP contribution in [0.2, 0.25) is 0 Å². The first-order valence-electron chi connectivity index (χ1n) is 5.88. The zero-order chi connectivity index (χ0) is 13.0. The molecule has 1 aliphatic rings. The van der Waals surface area contributed by atoms with Crippen molar-refractivity contribution in [2.45, 2.75) is 13.0 Å². The first-order valence-corrected chi connectivity index (χ1v) is 5.88. The number of carbonyl (C=O) groups is 1. The van der Waals surface area contributed by atoms with Crippen molar-refractivity contribution in [2.75, 3.05) is 19.6 Å². The molecule has 0 spiro atoms. The van der Waals surface area contributed by atoms with Crippen molar-refractivity contribution >= 4 is 5.91 Å². The third-order valence-electron chi connectivity index (χ3n) is 2.94. The number of amides is 1. The summed E-state index contributed by atoms with van der Waals surface area (Å²) in [5.74, 6) is -0.486. The fourth-order valence-corrected chi connectivity index (χ4v) is 1.97. The molecule has 1 aliphatic heterocycles. The second kappa shape index (κ2) is 5.61. The summed E-state index contributed by atoms with van der Waals surface area (Å²) in [7, 11) is 0. The van der Waals surface area contributed by atoms with Gasteiger partial charge in [-0.3, -0.25) is 4.79 Å². The van der Waals surface area contributed by atoms with Gasteiger partial charge >= 0.3 is 0 Å². The molecule has 1 aromatic carbocycles. The molecular weight excluding hydrogens is 233 g/mol. The van der Waals surface area contributed by atoms with E-state index < -0.39 is 5.82 Å². The molecule has 1 heterocycles. The van der Waals surface area contributed by atoms with Crippen LogP contribution >= 0.6 is 0 Å². The van der Waals surface area contributed by atoms with Crippen molar-refractivity contribution in [2.24, 2.45) is 0 Å². The number of hydrogen-bond acceptors (Lipinski definition) is 3. The Morgan fingerprint density at radius 1 is 1.50 bits per heavy atom. The quantitative estimate of drug-likeness (QED) is 0.849. The van der Waals surface area contributed by atoms with E-state index in [-0.39, 0.29) is 11.5 Å². The zero-order valence-electron chi connectivity index (χ0n) is 9.95. The van der Waals surface area contributed by atoms with Gasteiger partial charge in [-0.15, -0.1) is 0 Å². The van der Waals surface area contributed by atoms with E-state index in [1.165, 1.54) is 12.1 Å². The van der Waals surface area contributed by atoms with Crippen LogP contribution in [0.5, 0.6) is 0 Å². The molecule has 0 atom stereocenters. The first kappa shape index (κ1) is 12.5. The Labute approximate surface area is 105 Å². The van der Waals surface area contributed by atoms with Crippen molar-refractivity contribution in [3.63, 3.8) is 0 Å². The summed E-state index contributed by atoms with van der Waals surface area (Å²) in [5, 5.41) is 11.8. The summed E-state index contributed by atoms with van der Waals surface area (Å²) in [6.45, 7) is 2.28. The van der Waals surface area contributed by atoms with Crippen LogP contribution in [0.3, 0.4) is 0 Å². The van der Waals surface area contributed by atoms with Crippen LogP contribution in [0.4, 0.5) is 4.39 Å². The Hall–Kier alpha value is -1.93. The van der Waals surface area contributed by atoms with Gasteiger partial charge in [-0.25, -0.2) is 4.39 Å². The molecule has 0 aromatic heterocycles. The SMILES string of the molecule is N#Cc1cc(CN2CCCNCC2=O)ccc1F. The van der Waals surface area contributed by atoms with Gasteiger partial charge < -0.3 is 10.2 Å². The minimum Gasteiger partial charge on any atom is -0.337 e. The number of rotatable bonds is 2. The number of nitrogens with one attached hydrogen (secondary N) is 1. The van der Waals surface area contributed by atoms with E-state index in [0.29, 0.717) is 19.6 Å². The highest BCUT2D eigenvalue weighted by molar-refractivity contribution is 5.78. The monoisotopic (exact) mass is 247 g/mol. The maximum Gasteiger partial charge on any atom is 0.236 e. The lowest BCUT2D eigenvalue weighted by molar-refractivity contribution is -0.130. The molecule has 94 valence electrons. The average Bonchev–Trinajstić information content (AvgIpc) is 2.57. The Kier molecular flexibility index (Phi) is 3.90. The lowest BCUT2D eigenvalue weighted by atomic mass is 10.1. The summed E-state index contributed by atoms with van der Waals surface area (Å²) in [5.41, 5.74) is 0.802. The van der Waals surface area contributed by atoms with Gasteiger partial charge in [0, 0.05) is 13.1 Å². The van der Waals surface area contributed by atoms with Crippen LogP contribution in [-0.2, 0) is 11.3 Å². The van der Waals surface area contributed by atoms with Crippen molar-refractivity contribution in [1.82, 2.24) is 10.2 Å². The Balaban J connectivity index is 2.13. The molecule has 1 fully saturated rings. The second-order valence-corrected chi connectivity index (χ2v) is 4.27. The van der Waals surface area contributed by atoms with Gasteiger partial charge in [-0.2, -0.15) is 5.26 Å². The van der Waals surface area contributed by atoms with Gasteiger partial charge in [-0.05, 0) is 30.7 Å². The van der Waals surface area contributed by atoms with E-state index in [9.17, 15) is 9.18 Å². The molecule has 0 saturated carbocycles. The summed E-state index contributed by atoms with van der Waals surface area (Å²) in [4.78, 5) is 13.5. The molecular formula is C13H14FN3O. The fourth-order valence-electron chi connectivity index (χ4n) is 1.97. The minimum atomic E-state index is -0.523. The average molecular weight is 247 g/mol. The smallest absolute Gasteiger partial charge is 0.236 e. The Bertz CT molecular complexity index is 495. The summed E-state index contributed by atoms with van der Waals surface area (Å²) < 4.78 is 13.2. The molecule has 5 heteroatoms. The van der Waals surface area contributed by atoms with E-state index in [4.69, 9.17) is 5.26 Å². The van der Waals surface area contributed by atoms with Crippen molar-refractivity contribution in [1.29, 1.82) is 5.26 Å². The largest absolute Gasteiger partial charge is 0.337 e. The summed E-state index contributed by atoms with van der Waals surface area (Å²) in [6, 6.07) is 6.19. The molecule has 1 amide bonds. The van der Waals surface area contributed by atoms with Gasteiger partial charge in [-0.1, -0.05) is 6.07 Å². The number of nitriles is 1. The van der Waals surface area contributed by atoms with Crippen LogP contribution in [0.25, 0.3) is 0 Å². The van der Waals surface area contributed by atoms with Gasteiger partial charge in [0.2, 0.25) is 5.91 Å². The van der Waals surface area contributed by atoms with Gasteiger partial charge in [0.25, 0.3) is 0 Å². The molecule has 0 radical (unpaired) electrons. The van der Waals surface area contributed by atoms with Crippen molar-refractivity contribution in [3.8, 4) is 6.07 Å². The van der Waals surface area contributed by atoms with E-state index in [1.54, 1.807) is 17.0 Å². The number of hydrogen-bond donors (Lipinski definition) is 1. The zero-order valence-corrected chi connectivity index (χ0v) is 9.95. The fraction of sp³-hybridized carbons (Fsp3) is 0.385. The molecule has 1 saturated heterocycles. The number of carbonyl (C=O) groups excluding carboxylic acids is 1. The van der Waals surface area contributed by atoms with E-state index in [0.717, 1.165) is 18.5 Å². The predicted molar refractivity (Wildman–Crippen MR) is 64.0 cm³/mol. The van der Waals surface area contributed by atoms with E-state index in [1.807, 2.05) is 0 Å². The van der Waals surface area contributed by atoms with Gasteiger partial charge in [0.05, 0.1) is 12.1 Å². The van der Waals surface area contributed by atoms with E-state index >= 15 is 0 Å². The normalized spacial score (nSPS) is 16.2. The highest BCUT2D eigenvalue weighted by Crippen LogP contribution is 2.12. The topological polar surface area (TPSA) is 56.1 Å². The molecule has 0 aliphatic carbocycles. The molecule has 2 rings (SSSR count). The molecule has 4 nitrogen and oxygen atoms in total. The summed E-state index contributed by atoms with van der Waals surface area (Å²) in [6.07, 6.45) is 0.901. The molecule has 1 aromatic rings. The number of nitrogens with zero attached hydrogens (tertiary/aromatic N) is 2.